The molecule has 0 bridgehead atoms. The van der Waals surface area contributed by atoms with Crippen molar-refractivity contribution in [3.63, 3.8) is 0 Å². The molecule has 9 heteroatoms. The Morgan fingerprint density at radius 2 is 2.14 bits per heavy atom. The zero-order valence-electron chi connectivity index (χ0n) is 11.1. The largest absolute Gasteiger partial charge is 0.465 e. The van der Waals surface area contributed by atoms with Crippen LogP contribution in [0.5, 0.6) is 0 Å². The average Bonchev–Trinajstić information content (AvgIpc) is 2.41. The molecule has 0 saturated carbocycles. The molecule has 0 spiro atoms. The van der Waals surface area contributed by atoms with Crippen LogP contribution >= 0.6 is 27.7 Å². The molecule has 0 fully saturated rings. The van der Waals surface area contributed by atoms with Crippen molar-refractivity contribution in [2.45, 2.75) is 6.92 Å². The van der Waals surface area contributed by atoms with Gasteiger partial charge in [0.05, 0.1) is 28.7 Å². The number of halogens is 1. The first kappa shape index (κ1) is 17.4. The molecule has 1 aromatic carbocycles. The van der Waals surface area contributed by atoms with E-state index in [0.29, 0.717) is 16.8 Å². The smallest absolute Gasteiger partial charge is 0.315 e. The summed E-state index contributed by atoms with van der Waals surface area (Å²) in [6, 6.07) is 4.05. The number of nitrogens with one attached hydrogen (secondary N) is 1. The highest BCUT2D eigenvalue weighted by Gasteiger charge is 2.12. The van der Waals surface area contributed by atoms with Crippen LogP contribution in [0.2, 0.25) is 0 Å². The molecule has 0 radical (unpaired) electrons. The highest BCUT2D eigenvalue weighted by atomic mass is 79.9. The van der Waals surface area contributed by atoms with Crippen molar-refractivity contribution in [3.8, 4) is 0 Å². The van der Waals surface area contributed by atoms with Gasteiger partial charge in [-0.15, -0.1) is 11.8 Å². The predicted octanol–water partition coefficient (Wildman–Crippen LogP) is 2.59. The van der Waals surface area contributed by atoms with E-state index in [4.69, 9.17) is 4.74 Å². The summed E-state index contributed by atoms with van der Waals surface area (Å²) in [6.07, 6.45) is 0. The molecule has 0 aromatic heterocycles. The standard InChI is InChI=1S/C12H13BrN2O5S/c1-2-20-12(17)7-21-6-11(16)14-10-4-3-8(15(18)19)5-9(10)13/h3-5H,2,6-7H2,1H3,(H,14,16). The maximum atomic E-state index is 11.7. The Hall–Kier alpha value is -1.61. The fourth-order valence-corrected chi connectivity index (χ4v) is 2.41. The monoisotopic (exact) mass is 376 g/mol. The zero-order valence-corrected chi connectivity index (χ0v) is 13.5. The van der Waals surface area contributed by atoms with Crippen LogP contribution in [-0.2, 0) is 14.3 Å². The van der Waals surface area contributed by atoms with E-state index in [0.717, 1.165) is 11.8 Å². The van der Waals surface area contributed by atoms with Crippen LogP contribution in [0.1, 0.15) is 6.92 Å². The molecule has 0 aliphatic carbocycles. The maximum Gasteiger partial charge on any atom is 0.315 e. The number of ether oxygens (including phenoxy) is 1. The number of non-ortho nitro benzene ring substituents is 1. The quantitative estimate of drug-likeness (QED) is 0.446. The summed E-state index contributed by atoms with van der Waals surface area (Å²) in [5.41, 5.74) is 0.360. The second-order valence-electron chi connectivity index (χ2n) is 3.77. The molecule has 0 saturated heterocycles. The highest BCUT2D eigenvalue weighted by molar-refractivity contribution is 9.10. The summed E-state index contributed by atoms with van der Waals surface area (Å²) in [5.74, 6) is -0.490. The van der Waals surface area contributed by atoms with Gasteiger partial charge in [0.2, 0.25) is 5.91 Å². The number of carbonyl (C=O) groups is 2. The number of hydrogen-bond acceptors (Lipinski definition) is 6. The summed E-state index contributed by atoms with van der Waals surface area (Å²) >= 11 is 4.29. The lowest BCUT2D eigenvalue weighted by molar-refractivity contribution is -0.384. The minimum Gasteiger partial charge on any atom is -0.465 e. The number of anilines is 1. The van der Waals surface area contributed by atoms with Crippen LogP contribution in [-0.4, -0.2) is 34.9 Å². The average molecular weight is 377 g/mol. The predicted molar refractivity (Wildman–Crippen MR) is 83.4 cm³/mol. The molecule has 0 atom stereocenters. The van der Waals surface area contributed by atoms with Gasteiger partial charge in [-0.1, -0.05) is 0 Å². The number of benzene rings is 1. The van der Waals surface area contributed by atoms with Crippen LogP contribution < -0.4 is 5.32 Å². The number of nitro benzene ring substituents is 1. The van der Waals surface area contributed by atoms with Gasteiger partial charge in [-0.2, -0.15) is 0 Å². The van der Waals surface area contributed by atoms with Crippen molar-refractivity contribution in [3.05, 3.63) is 32.8 Å². The summed E-state index contributed by atoms with van der Waals surface area (Å²) in [7, 11) is 0. The Labute approximate surface area is 133 Å². The van der Waals surface area contributed by atoms with E-state index in [1.165, 1.54) is 18.2 Å². The van der Waals surface area contributed by atoms with Crippen LogP contribution in [0.15, 0.2) is 22.7 Å². The summed E-state index contributed by atoms with van der Waals surface area (Å²) in [6.45, 7) is 2.02. The first-order chi connectivity index (χ1) is 9.93. The van der Waals surface area contributed by atoms with Gasteiger partial charge < -0.3 is 10.1 Å². The van der Waals surface area contributed by atoms with Crippen molar-refractivity contribution in [2.75, 3.05) is 23.4 Å². The molecule has 1 aromatic rings. The Balaban J connectivity index is 2.48. The second kappa shape index (κ2) is 8.63. The van der Waals surface area contributed by atoms with Gasteiger partial charge in [0.25, 0.3) is 5.69 Å². The molecular weight excluding hydrogens is 364 g/mol. The lowest BCUT2D eigenvalue weighted by Crippen LogP contribution is -2.16. The second-order valence-corrected chi connectivity index (χ2v) is 5.61. The lowest BCUT2D eigenvalue weighted by Gasteiger charge is -2.07. The van der Waals surface area contributed by atoms with Gasteiger partial charge in [-0.3, -0.25) is 19.7 Å². The fourth-order valence-electron chi connectivity index (χ4n) is 1.33. The van der Waals surface area contributed by atoms with Crippen molar-refractivity contribution in [1.82, 2.24) is 0 Å². The van der Waals surface area contributed by atoms with Crippen LogP contribution in [0.3, 0.4) is 0 Å². The topological polar surface area (TPSA) is 98.5 Å². The van der Waals surface area contributed by atoms with Gasteiger partial charge in [0.15, 0.2) is 0 Å². The summed E-state index contributed by atoms with van der Waals surface area (Å²) in [4.78, 5) is 32.8. The van der Waals surface area contributed by atoms with Crippen molar-refractivity contribution >= 4 is 50.9 Å². The number of hydrogen-bond donors (Lipinski definition) is 1. The summed E-state index contributed by atoms with van der Waals surface area (Å²) in [5, 5.41) is 13.2. The van der Waals surface area contributed by atoms with E-state index < -0.39 is 4.92 Å². The Morgan fingerprint density at radius 3 is 2.71 bits per heavy atom. The first-order valence-electron chi connectivity index (χ1n) is 5.91. The summed E-state index contributed by atoms with van der Waals surface area (Å²) < 4.78 is 5.15. The molecule has 21 heavy (non-hydrogen) atoms. The van der Waals surface area contributed by atoms with E-state index in [-0.39, 0.29) is 29.1 Å². The SMILES string of the molecule is CCOC(=O)CSCC(=O)Nc1ccc([N+](=O)[O-])cc1Br. The molecule has 0 aliphatic heterocycles. The maximum absolute atomic E-state index is 11.7. The lowest BCUT2D eigenvalue weighted by atomic mass is 10.3. The van der Waals surface area contributed by atoms with E-state index in [1.54, 1.807) is 6.92 Å². The number of esters is 1. The molecule has 0 aliphatic rings. The number of amides is 1. The molecule has 0 unspecified atom stereocenters. The number of nitro groups is 1. The number of nitrogens with zero attached hydrogens (tertiary/aromatic N) is 1. The third-order valence-electron chi connectivity index (χ3n) is 2.20. The minimum absolute atomic E-state index is 0.0726. The van der Waals surface area contributed by atoms with E-state index >= 15 is 0 Å². The van der Waals surface area contributed by atoms with Crippen molar-refractivity contribution < 1.29 is 19.2 Å². The highest BCUT2D eigenvalue weighted by Crippen LogP contribution is 2.27. The van der Waals surface area contributed by atoms with Crippen LogP contribution in [0.25, 0.3) is 0 Å². The normalized spacial score (nSPS) is 10.0. The van der Waals surface area contributed by atoms with Crippen LogP contribution in [0.4, 0.5) is 11.4 Å². The third-order valence-corrected chi connectivity index (χ3v) is 3.76. The molecule has 1 rings (SSSR count). The molecule has 114 valence electrons. The third kappa shape index (κ3) is 6.13. The zero-order chi connectivity index (χ0) is 15.8. The molecule has 7 nitrogen and oxygen atoms in total. The fraction of sp³-hybridized carbons (Fsp3) is 0.333. The van der Waals surface area contributed by atoms with E-state index in [9.17, 15) is 19.7 Å². The number of carbonyl (C=O) groups excluding carboxylic acids is 2. The van der Waals surface area contributed by atoms with Gasteiger partial charge in [-0.25, -0.2) is 0 Å². The Kier molecular flexibility index (Phi) is 7.17. The molecule has 0 heterocycles. The Bertz CT molecular complexity index is 552. The Morgan fingerprint density at radius 1 is 1.43 bits per heavy atom. The van der Waals surface area contributed by atoms with Crippen molar-refractivity contribution in [1.29, 1.82) is 0 Å². The van der Waals surface area contributed by atoms with E-state index in [2.05, 4.69) is 21.2 Å². The van der Waals surface area contributed by atoms with E-state index in [1.807, 2.05) is 0 Å². The number of rotatable bonds is 7. The molecule has 1 amide bonds. The van der Waals surface area contributed by atoms with Gasteiger partial charge in [0.1, 0.15) is 0 Å². The van der Waals surface area contributed by atoms with Crippen LogP contribution in [0, 0.1) is 10.1 Å². The first-order valence-corrected chi connectivity index (χ1v) is 7.86. The van der Waals surface area contributed by atoms with Gasteiger partial charge in [0, 0.05) is 16.6 Å². The minimum atomic E-state index is -0.522. The molecular formula is C12H13BrN2O5S. The molecule has 1 N–H and O–H groups in total. The van der Waals surface area contributed by atoms with Crippen molar-refractivity contribution in [2.24, 2.45) is 0 Å². The number of thioether (sulfide) groups is 1. The van der Waals surface area contributed by atoms with Gasteiger partial charge in [-0.05, 0) is 28.9 Å². The van der Waals surface area contributed by atoms with Gasteiger partial charge >= 0.3 is 5.97 Å².